The molecule has 7 aromatic carbocycles. The number of rotatable bonds is 3. The second-order valence-corrected chi connectivity index (χ2v) is 13.0. The molecule has 0 bridgehead atoms. The van der Waals surface area contributed by atoms with Gasteiger partial charge in [0.05, 0.1) is 22.6 Å². The molecule has 0 N–H and O–H groups in total. The van der Waals surface area contributed by atoms with Crippen molar-refractivity contribution in [2.75, 3.05) is 4.90 Å². The van der Waals surface area contributed by atoms with Crippen LogP contribution in [0.15, 0.2) is 158 Å². The molecule has 0 amide bonds. The Labute approximate surface area is 275 Å². The number of benzene rings is 7. The number of hydrogen-bond donors (Lipinski definition) is 0. The molecule has 220 valence electrons. The SMILES string of the molecule is c1ccc(-c2nc3c(-c4cccc(N5c6ccccc6Oc6ccccc65)c4)cccc3c3c2ccc2sc4ccccc4c23)cc1. The molecule has 9 aromatic rings. The number of para-hydroxylation sites is 5. The van der Waals surface area contributed by atoms with E-state index in [4.69, 9.17) is 9.72 Å². The summed E-state index contributed by atoms with van der Waals surface area (Å²) in [6, 6.07) is 55.8. The molecule has 0 unspecified atom stereocenters. The quantitative estimate of drug-likeness (QED) is 0.184. The maximum Gasteiger partial charge on any atom is 0.151 e. The summed E-state index contributed by atoms with van der Waals surface area (Å²) >= 11 is 1.86. The first-order valence-corrected chi connectivity index (χ1v) is 16.6. The summed E-state index contributed by atoms with van der Waals surface area (Å²) in [5.41, 5.74) is 8.44. The van der Waals surface area contributed by atoms with Crippen LogP contribution in [-0.2, 0) is 0 Å². The van der Waals surface area contributed by atoms with E-state index in [9.17, 15) is 0 Å². The van der Waals surface area contributed by atoms with Crippen molar-refractivity contribution in [3.05, 3.63) is 158 Å². The minimum atomic E-state index is 0.842. The molecule has 3 nitrogen and oxygen atoms in total. The van der Waals surface area contributed by atoms with E-state index in [1.165, 1.54) is 36.3 Å². The van der Waals surface area contributed by atoms with Gasteiger partial charge in [-0.25, -0.2) is 4.98 Å². The number of pyridine rings is 1. The van der Waals surface area contributed by atoms with Crippen molar-refractivity contribution < 1.29 is 4.74 Å². The average Bonchev–Trinajstić information content (AvgIpc) is 3.52. The molecule has 1 aliphatic heterocycles. The lowest BCUT2D eigenvalue weighted by atomic mass is 9.93. The summed E-state index contributed by atoms with van der Waals surface area (Å²) < 4.78 is 8.90. The van der Waals surface area contributed by atoms with Gasteiger partial charge in [0.15, 0.2) is 11.5 Å². The summed E-state index contributed by atoms with van der Waals surface area (Å²) in [5.74, 6) is 1.68. The summed E-state index contributed by atoms with van der Waals surface area (Å²) in [6.07, 6.45) is 0. The topological polar surface area (TPSA) is 25.4 Å². The van der Waals surface area contributed by atoms with Gasteiger partial charge in [-0.1, -0.05) is 109 Å². The monoisotopic (exact) mass is 618 g/mol. The van der Waals surface area contributed by atoms with E-state index in [-0.39, 0.29) is 0 Å². The minimum Gasteiger partial charge on any atom is -0.453 e. The lowest BCUT2D eigenvalue weighted by Gasteiger charge is -2.33. The predicted octanol–water partition coefficient (Wildman–Crippen LogP) is 12.7. The first-order chi connectivity index (χ1) is 23.3. The summed E-state index contributed by atoms with van der Waals surface area (Å²) in [6.45, 7) is 0. The number of thiophene rings is 1. The van der Waals surface area contributed by atoms with E-state index < -0.39 is 0 Å². The Morgan fingerprint density at radius 2 is 1.17 bits per heavy atom. The average molecular weight is 619 g/mol. The lowest BCUT2D eigenvalue weighted by Crippen LogP contribution is -2.15. The van der Waals surface area contributed by atoms with Crippen LogP contribution in [0.5, 0.6) is 11.5 Å². The standard InChI is InChI=1S/C43H26N2OS/c1-2-12-27(13-3-1)42-33-24-25-39-41(31-16-4-9-23-38(31)47-39)40(33)32-18-11-17-30(43(32)44-42)28-14-10-15-29(26-28)45-34-19-5-7-21-36(34)46-37-22-8-6-20-35(37)45/h1-26H. The highest BCUT2D eigenvalue weighted by Gasteiger charge is 2.26. The van der Waals surface area contributed by atoms with Crippen molar-refractivity contribution >= 4 is 70.2 Å². The first kappa shape index (κ1) is 26.3. The van der Waals surface area contributed by atoms with E-state index >= 15 is 0 Å². The number of ether oxygens (including phenoxy) is 1. The summed E-state index contributed by atoms with van der Waals surface area (Å²) in [4.78, 5) is 7.80. The number of fused-ring (bicyclic) bond motifs is 9. The van der Waals surface area contributed by atoms with Gasteiger partial charge in [-0.2, -0.15) is 0 Å². The molecule has 0 fully saturated rings. The Kier molecular flexibility index (Phi) is 5.74. The minimum absolute atomic E-state index is 0.842. The van der Waals surface area contributed by atoms with Gasteiger partial charge in [-0.15, -0.1) is 11.3 Å². The molecular formula is C43H26N2OS. The number of hydrogen-bond acceptors (Lipinski definition) is 4. The molecule has 0 aliphatic carbocycles. The summed E-state index contributed by atoms with van der Waals surface area (Å²) in [7, 11) is 0. The first-order valence-electron chi connectivity index (χ1n) is 15.8. The molecular weight excluding hydrogens is 593 g/mol. The zero-order valence-electron chi connectivity index (χ0n) is 25.2. The molecule has 4 heteroatoms. The number of nitrogens with zero attached hydrogens (tertiary/aromatic N) is 2. The van der Waals surface area contributed by atoms with Crippen LogP contribution >= 0.6 is 11.3 Å². The van der Waals surface area contributed by atoms with Crippen molar-refractivity contribution in [1.29, 1.82) is 0 Å². The molecule has 0 saturated carbocycles. The van der Waals surface area contributed by atoms with E-state index in [1.54, 1.807) is 0 Å². The molecule has 10 rings (SSSR count). The molecule has 0 radical (unpaired) electrons. The predicted molar refractivity (Wildman–Crippen MR) is 198 cm³/mol. The van der Waals surface area contributed by atoms with E-state index in [2.05, 4.69) is 138 Å². The van der Waals surface area contributed by atoms with Gasteiger partial charge in [0, 0.05) is 53.1 Å². The molecule has 3 heterocycles. The van der Waals surface area contributed by atoms with Gasteiger partial charge in [0.25, 0.3) is 0 Å². The van der Waals surface area contributed by atoms with Crippen molar-refractivity contribution in [3.63, 3.8) is 0 Å². The van der Waals surface area contributed by atoms with Crippen molar-refractivity contribution in [2.24, 2.45) is 0 Å². The molecule has 1 aliphatic rings. The van der Waals surface area contributed by atoms with Crippen LogP contribution in [0.25, 0.3) is 64.2 Å². The zero-order chi connectivity index (χ0) is 30.9. The number of anilines is 3. The highest BCUT2D eigenvalue weighted by molar-refractivity contribution is 7.26. The Hall–Kier alpha value is -5.97. The maximum absolute atomic E-state index is 6.31. The normalized spacial score (nSPS) is 12.4. The highest BCUT2D eigenvalue weighted by atomic mass is 32.1. The smallest absolute Gasteiger partial charge is 0.151 e. The van der Waals surface area contributed by atoms with Crippen LogP contribution in [0.3, 0.4) is 0 Å². The van der Waals surface area contributed by atoms with Crippen LogP contribution in [0.4, 0.5) is 17.1 Å². The van der Waals surface area contributed by atoms with Gasteiger partial charge >= 0.3 is 0 Å². The van der Waals surface area contributed by atoms with Crippen LogP contribution in [0, 0.1) is 0 Å². The highest BCUT2D eigenvalue weighted by Crippen LogP contribution is 2.51. The van der Waals surface area contributed by atoms with Gasteiger partial charge in [0.1, 0.15) is 0 Å². The fourth-order valence-electron chi connectivity index (χ4n) is 7.18. The Morgan fingerprint density at radius 1 is 0.489 bits per heavy atom. The van der Waals surface area contributed by atoms with Crippen LogP contribution in [0.1, 0.15) is 0 Å². The van der Waals surface area contributed by atoms with E-state index in [0.29, 0.717) is 0 Å². The van der Waals surface area contributed by atoms with Crippen molar-refractivity contribution in [3.8, 4) is 33.9 Å². The Balaban J connectivity index is 1.26. The third-order valence-corrected chi connectivity index (χ3v) is 10.4. The van der Waals surface area contributed by atoms with Gasteiger partial charge in [-0.3, -0.25) is 0 Å². The number of aromatic nitrogens is 1. The Morgan fingerprint density at radius 3 is 2.00 bits per heavy atom. The fraction of sp³-hybridized carbons (Fsp3) is 0. The zero-order valence-corrected chi connectivity index (χ0v) is 26.0. The van der Waals surface area contributed by atoms with Crippen LogP contribution in [0.2, 0.25) is 0 Å². The fourth-order valence-corrected chi connectivity index (χ4v) is 8.29. The van der Waals surface area contributed by atoms with E-state index in [0.717, 1.165) is 56.5 Å². The summed E-state index contributed by atoms with van der Waals surface area (Å²) in [5, 5.41) is 6.20. The van der Waals surface area contributed by atoms with E-state index in [1.807, 2.05) is 35.6 Å². The largest absolute Gasteiger partial charge is 0.453 e. The second-order valence-electron chi connectivity index (χ2n) is 11.9. The third-order valence-electron chi connectivity index (χ3n) is 9.22. The molecule has 2 aromatic heterocycles. The molecule has 0 atom stereocenters. The van der Waals surface area contributed by atoms with Gasteiger partial charge in [0.2, 0.25) is 0 Å². The molecule has 0 spiro atoms. The Bertz CT molecular complexity index is 2630. The molecule has 47 heavy (non-hydrogen) atoms. The lowest BCUT2D eigenvalue weighted by molar-refractivity contribution is 0.477. The second kappa shape index (κ2) is 10.3. The maximum atomic E-state index is 6.31. The van der Waals surface area contributed by atoms with Crippen LogP contribution in [-0.4, -0.2) is 4.98 Å². The van der Waals surface area contributed by atoms with Gasteiger partial charge in [-0.05, 0) is 54.1 Å². The van der Waals surface area contributed by atoms with Gasteiger partial charge < -0.3 is 9.64 Å². The third kappa shape index (κ3) is 4.02. The van der Waals surface area contributed by atoms with Crippen molar-refractivity contribution in [1.82, 2.24) is 4.98 Å². The van der Waals surface area contributed by atoms with Crippen LogP contribution < -0.4 is 9.64 Å². The molecule has 0 saturated heterocycles. The van der Waals surface area contributed by atoms with Crippen molar-refractivity contribution in [2.45, 2.75) is 0 Å².